The van der Waals surface area contributed by atoms with Crippen molar-refractivity contribution in [2.45, 2.75) is 12.5 Å². The number of likely N-dealkylation sites (N-methyl/N-ethyl adjacent to an activating group) is 1. The van der Waals surface area contributed by atoms with E-state index in [0.29, 0.717) is 11.6 Å². The van der Waals surface area contributed by atoms with Crippen LogP contribution in [0.5, 0.6) is 0 Å². The van der Waals surface area contributed by atoms with Crippen LogP contribution in [0.3, 0.4) is 0 Å². The maximum atomic E-state index is 13.9. The van der Waals surface area contributed by atoms with Gasteiger partial charge in [-0.1, -0.05) is 6.07 Å². The van der Waals surface area contributed by atoms with Gasteiger partial charge in [-0.15, -0.1) is 0 Å². The number of benzene rings is 1. The summed E-state index contributed by atoms with van der Waals surface area (Å²) >= 11 is 0. The molecule has 1 aromatic rings. The molecule has 0 aliphatic carbocycles. The Balaban J connectivity index is 2.28. The number of carboxylic acid groups (broad SMARTS) is 1. The lowest BCUT2D eigenvalue weighted by Crippen LogP contribution is -2.31. The molecule has 0 bridgehead atoms. The van der Waals surface area contributed by atoms with E-state index in [1.54, 1.807) is 6.07 Å². The van der Waals surface area contributed by atoms with Crippen LogP contribution in [0.4, 0.5) is 10.1 Å². The first-order valence-corrected chi connectivity index (χ1v) is 6.60. The molecule has 5 heteroatoms. The Bertz CT molecular complexity index is 529. The van der Waals surface area contributed by atoms with Crippen molar-refractivity contribution in [3.05, 3.63) is 35.7 Å². The lowest BCUT2D eigenvalue weighted by atomic mass is 10.1. The van der Waals surface area contributed by atoms with Gasteiger partial charge in [-0.3, -0.25) is 0 Å². The highest BCUT2D eigenvalue weighted by Gasteiger charge is 2.25. The van der Waals surface area contributed by atoms with Crippen LogP contribution >= 0.6 is 0 Å². The number of rotatable bonds is 4. The maximum Gasteiger partial charge on any atom is 0.328 e. The van der Waals surface area contributed by atoms with Crippen LogP contribution in [0, 0.1) is 5.82 Å². The molecule has 4 nitrogen and oxygen atoms in total. The maximum absolute atomic E-state index is 13.9. The molecule has 1 heterocycles. The van der Waals surface area contributed by atoms with E-state index in [2.05, 4.69) is 9.80 Å². The molecule has 0 spiro atoms. The zero-order valence-corrected chi connectivity index (χ0v) is 11.7. The largest absolute Gasteiger partial charge is 0.478 e. The van der Waals surface area contributed by atoms with Crippen molar-refractivity contribution >= 4 is 17.7 Å². The summed E-state index contributed by atoms with van der Waals surface area (Å²) in [6.07, 6.45) is 3.32. The van der Waals surface area contributed by atoms with E-state index in [0.717, 1.165) is 31.3 Å². The number of carboxylic acids is 1. The van der Waals surface area contributed by atoms with Gasteiger partial charge < -0.3 is 14.9 Å². The first kappa shape index (κ1) is 14.5. The molecule has 1 atom stereocenters. The van der Waals surface area contributed by atoms with Crippen LogP contribution in [0.15, 0.2) is 24.3 Å². The molecule has 1 aromatic carbocycles. The molecule has 0 radical (unpaired) electrons. The number of hydrogen-bond donors (Lipinski definition) is 1. The number of hydrogen-bond acceptors (Lipinski definition) is 3. The van der Waals surface area contributed by atoms with Gasteiger partial charge in [0.1, 0.15) is 5.82 Å². The number of carbonyl (C=O) groups is 1. The fraction of sp³-hybridized carbons (Fsp3) is 0.400. The molecule has 1 unspecified atom stereocenters. The van der Waals surface area contributed by atoms with E-state index < -0.39 is 11.8 Å². The second-order valence-corrected chi connectivity index (χ2v) is 5.20. The Hall–Kier alpha value is -1.88. The monoisotopic (exact) mass is 278 g/mol. The fourth-order valence-corrected chi connectivity index (χ4v) is 2.50. The molecule has 1 saturated heterocycles. The van der Waals surface area contributed by atoms with Gasteiger partial charge in [-0.05, 0) is 38.7 Å². The normalized spacial score (nSPS) is 19.2. The zero-order chi connectivity index (χ0) is 14.7. The van der Waals surface area contributed by atoms with E-state index in [1.807, 2.05) is 20.2 Å². The summed E-state index contributed by atoms with van der Waals surface area (Å²) in [6.45, 7) is 1.67. The third-order valence-corrected chi connectivity index (χ3v) is 3.66. The van der Waals surface area contributed by atoms with Gasteiger partial charge in [0.05, 0.1) is 0 Å². The fourth-order valence-electron chi connectivity index (χ4n) is 2.50. The average molecular weight is 278 g/mol. The highest BCUT2D eigenvalue weighted by Crippen LogP contribution is 2.28. The molecule has 1 N–H and O–H groups in total. The molecule has 0 aromatic heterocycles. The number of aliphatic carboxylic acids is 1. The molecule has 108 valence electrons. The van der Waals surface area contributed by atoms with Gasteiger partial charge in [-0.2, -0.15) is 0 Å². The van der Waals surface area contributed by atoms with Crippen LogP contribution in [-0.4, -0.2) is 49.2 Å². The number of anilines is 1. The summed E-state index contributed by atoms with van der Waals surface area (Å²) in [4.78, 5) is 14.9. The molecular formula is C15H19FN2O2. The molecule has 1 fully saturated rings. The minimum atomic E-state index is -1.08. The van der Waals surface area contributed by atoms with Gasteiger partial charge in [0.25, 0.3) is 0 Å². The van der Waals surface area contributed by atoms with E-state index in [9.17, 15) is 9.18 Å². The van der Waals surface area contributed by atoms with Crippen molar-refractivity contribution in [2.75, 3.05) is 32.1 Å². The van der Waals surface area contributed by atoms with Crippen LogP contribution in [0.1, 0.15) is 12.0 Å². The summed E-state index contributed by atoms with van der Waals surface area (Å²) in [5, 5.41) is 8.71. The summed E-state index contributed by atoms with van der Waals surface area (Å²) in [5.41, 5.74) is 1.10. The van der Waals surface area contributed by atoms with E-state index in [4.69, 9.17) is 5.11 Å². The predicted octanol–water partition coefficient (Wildman–Crippen LogP) is 2.06. The number of halogens is 1. The lowest BCUT2D eigenvalue weighted by Gasteiger charge is -2.23. The predicted molar refractivity (Wildman–Crippen MR) is 77.4 cm³/mol. The van der Waals surface area contributed by atoms with E-state index in [1.165, 1.54) is 12.1 Å². The van der Waals surface area contributed by atoms with Crippen molar-refractivity contribution in [1.82, 2.24) is 4.90 Å². The smallest absolute Gasteiger partial charge is 0.328 e. The lowest BCUT2D eigenvalue weighted by molar-refractivity contribution is -0.131. The standard InChI is InChI=1S/C15H19FN2O2/c1-17(2)11-8-9-18(10-11)14-5-3-4-13(16)12(14)6-7-15(19)20/h3-7,11H,8-10H2,1-2H3,(H,19,20)/b7-6+. The van der Waals surface area contributed by atoms with Crippen LogP contribution < -0.4 is 4.90 Å². The third-order valence-electron chi connectivity index (χ3n) is 3.66. The Morgan fingerprint density at radius 2 is 2.25 bits per heavy atom. The quantitative estimate of drug-likeness (QED) is 0.856. The highest BCUT2D eigenvalue weighted by molar-refractivity contribution is 5.87. The van der Waals surface area contributed by atoms with Gasteiger partial charge in [0.2, 0.25) is 0 Å². The number of nitrogens with zero attached hydrogens (tertiary/aromatic N) is 2. The van der Waals surface area contributed by atoms with Gasteiger partial charge in [0.15, 0.2) is 0 Å². The Kier molecular flexibility index (Phi) is 4.39. The van der Waals surface area contributed by atoms with E-state index in [-0.39, 0.29) is 0 Å². The zero-order valence-electron chi connectivity index (χ0n) is 11.7. The molecule has 1 aliphatic heterocycles. The van der Waals surface area contributed by atoms with Crippen molar-refractivity contribution in [1.29, 1.82) is 0 Å². The van der Waals surface area contributed by atoms with Crippen LogP contribution in [0.2, 0.25) is 0 Å². The first-order valence-electron chi connectivity index (χ1n) is 6.60. The third kappa shape index (κ3) is 3.17. The van der Waals surface area contributed by atoms with Crippen LogP contribution in [-0.2, 0) is 4.79 Å². The van der Waals surface area contributed by atoms with Crippen molar-refractivity contribution in [2.24, 2.45) is 0 Å². The summed E-state index contributed by atoms with van der Waals surface area (Å²) in [7, 11) is 4.07. The van der Waals surface area contributed by atoms with Gasteiger partial charge in [-0.25, -0.2) is 9.18 Å². The first-order chi connectivity index (χ1) is 9.49. The topological polar surface area (TPSA) is 43.8 Å². The molecular weight excluding hydrogens is 259 g/mol. The van der Waals surface area contributed by atoms with Gasteiger partial charge >= 0.3 is 5.97 Å². The van der Waals surface area contributed by atoms with Crippen LogP contribution in [0.25, 0.3) is 6.08 Å². The summed E-state index contributed by atoms with van der Waals surface area (Å²) in [6, 6.07) is 5.29. The SMILES string of the molecule is CN(C)C1CCN(c2cccc(F)c2/C=C/C(=O)O)C1. The minimum Gasteiger partial charge on any atom is -0.478 e. The molecule has 0 saturated carbocycles. The van der Waals surface area contributed by atoms with Crippen molar-refractivity contribution in [3.8, 4) is 0 Å². The highest BCUT2D eigenvalue weighted by atomic mass is 19.1. The molecule has 1 aliphatic rings. The summed E-state index contributed by atoms with van der Waals surface area (Å²) < 4.78 is 13.9. The second-order valence-electron chi connectivity index (χ2n) is 5.20. The van der Waals surface area contributed by atoms with Crippen molar-refractivity contribution in [3.63, 3.8) is 0 Å². The minimum absolute atomic E-state index is 0.342. The van der Waals surface area contributed by atoms with Gasteiger partial charge in [0, 0.05) is 36.5 Å². The van der Waals surface area contributed by atoms with E-state index >= 15 is 0 Å². The molecule has 0 amide bonds. The molecule has 2 rings (SSSR count). The second kappa shape index (κ2) is 6.05. The van der Waals surface area contributed by atoms with Crippen molar-refractivity contribution < 1.29 is 14.3 Å². The molecule has 20 heavy (non-hydrogen) atoms. The Morgan fingerprint density at radius 1 is 1.50 bits per heavy atom. The summed E-state index contributed by atoms with van der Waals surface area (Å²) in [5.74, 6) is -1.47. The Morgan fingerprint density at radius 3 is 2.85 bits per heavy atom. The average Bonchev–Trinajstić information content (AvgIpc) is 2.86. The Labute approximate surface area is 118 Å².